The molecule has 0 aliphatic carbocycles. The van der Waals surface area contributed by atoms with Crippen LogP contribution in [-0.4, -0.2) is 66.5 Å². The van der Waals surface area contributed by atoms with Crippen molar-refractivity contribution < 1.29 is 38.1 Å². The van der Waals surface area contributed by atoms with Crippen molar-refractivity contribution in [3.8, 4) is 0 Å². The Morgan fingerprint density at radius 3 is 2.21 bits per heavy atom. The molecule has 1 aliphatic rings. The van der Waals surface area contributed by atoms with Gasteiger partial charge in [0, 0.05) is 31.1 Å². The molecule has 9 nitrogen and oxygen atoms in total. The smallest absolute Gasteiger partial charge is 0.329 e. The lowest BCUT2D eigenvalue weighted by Gasteiger charge is -2.44. The van der Waals surface area contributed by atoms with Crippen molar-refractivity contribution in [1.82, 2.24) is 5.32 Å². The van der Waals surface area contributed by atoms with Crippen molar-refractivity contribution in [2.75, 3.05) is 12.9 Å². The summed E-state index contributed by atoms with van der Waals surface area (Å²) in [7, 11) is 1.24. The van der Waals surface area contributed by atoms with Crippen LogP contribution in [0.2, 0.25) is 0 Å². The van der Waals surface area contributed by atoms with Gasteiger partial charge in [-0.25, -0.2) is 4.79 Å². The molecule has 0 radical (unpaired) electrons. The molecule has 0 bridgehead atoms. The fourth-order valence-corrected chi connectivity index (χ4v) is 4.88. The first-order chi connectivity index (χ1) is 15.7. The normalized spacial score (nSPS) is 25.4. The SMILES string of the molecule is CC[C@H]1O[C@H](SC[C@H](NC(=O)c2ccccc2)C(=O)OC)[C@@H](OC(C)=O)[C@@H](OC(C)=O)[C@@H]1C. The van der Waals surface area contributed by atoms with Gasteiger partial charge in [-0.05, 0) is 18.6 Å². The summed E-state index contributed by atoms with van der Waals surface area (Å²) in [6, 6.07) is 7.52. The van der Waals surface area contributed by atoms with Crippen LogP contribution in [0.5, 0.6) is 0 Å². The third-order valence-electron chi connectivity index (χ3n) is 5.27. The van der Waals surface area contributed by atoms with Gasteiger partial charge >= 0.3 is 17.9 Å². The maximum atomic E-state index is 12.6. The monoisotopic (exact) mass is 481 g/mol. The standard InChI is InChI=1S/C23H31NO8S/c1-6-18-13(2)19(30-14(3)25)20(31-15(4)26)23(32-18)33-12-17(22(28)29-5)24-21(27)16-10-8-7-9-11-16/h7-11,13,17-20,23H,6,12H2,1-5H3,(H,24,27)/t13-,17+,18-,19+,20+,23-/m1/s1. The number of hydrogen-bond donors (Lipinski definition) is 1. The highest BCUT2D eigenvalue weighted by atomic mass is 32.2. The molecule has 1 aromatic rings. The lowest BCUT2D eigenvalue weighted by molar-refractivity contribution is -0.207. The van der Waals surface area contributed by atoms with Gasteiger partial charge in [-0.15, -0.1) is 11.8 Å². The summed E-state index contributed by atoms with van der Waals surface area (Å²) < 4.78 is 22.0. The van der Waals surface area contributed by atoms with Crippen molar-refractivity contribution in [2.24, 2.45) is 5.92 Å². The third kappa shape index (κ3) is 7.46. The van der Waals surface area contributed by atoms with Gasteiger partial charge in [-0.2, -0.15) is 0 Å². The summed E-state index contributed by atoms with van der Waals surface area (Å²) in [4.78, 5) is 48.4. The van der Waals surface area contributed by atoms with Gasteiger partial charge in [0.05, 0.1) is 13.2 Å². The van der Waals surface area contributed by atoms with Crippen molar-refractivity contribution in [3.63, 3.8) is 0 Å². The lowest BCUT2D eigenvalue weighted by Crippen LogP contribution is -2.56. The highest BCUT2D eigenvalue weighted by Crippen LogP contribution is 2.36. The minimum atomic E-state index is -0.971. The molecule has 0 aromatic heterocycles. The Morgan fingerprint density at radius 1 is 1.06 bits per heavy atom. The van der Waals surface area contributed by atoms with Crippen molar-refractivity contribution in [1.29, 1.82) is 0 Å². The summed E-state index contributed by atoms with van der Waals surface area (Å²) in [5.74, 6) is -2.21. The van der Waals surface area contributed by atoms with Gasteiger partial charge in [-0.1, -0.05) is 32.0 Å². The molecule has 33 heavy (non-hydrogen) atoms. The van der Waals surface area contributed by atoms with E-state index in [1.54, 1.807) is 30.3 Å². The number of ether oxygens (including phenoxy) is 4. The molecule has 1 saturated heterocycles. The Labute approximate surface area is 197 Å². The number of carbonyl (C=O) groups excluding carboxylic acids is 4. The average Bonchev–Trinajstić information content (AvgIpc) is 2.79. The zero-order chi connectivity index (χ0) is 24.5. The third-order valence-corrected chi connectivity index (χ3v) is 6.50. The highest BCUT2D eigenvalue weighted by Gasteiger charge is 2.47. The second-order valence-corrected chi connectivity index (χ2v) is 8.84. The minimum absolute atomic E-state index is 0.0886. The summed E-state index contributed by atoms with van der Waals surface area (Å²) in [6.07, 6.45) is -1.20. The van der Waals surface area contributed by atoms with E-state index in [4.69, 9.17) is 18.9 Å². The first-order valence-corrected chi connectivity index (χ1v) is 11.8. The zero-order valence-electron chi connectivity index (χ0n) is 19.4. The fourth-order valence-electron chi connectivity index (χ4n) is 3.65. The molecule has 0 saturated carbocycles. The Hall–Kier alpha value is -2.59. The summed E-state index contributed by atoms with van der Waals surface area (Å²) in [6.45, 7) is 6.37. The fraction of sp³-hybridized carbons (Fsp3) is 0.565. The Kier molecular flexibility index (Phi) is 10.2. The minimum Gasteiger partial charge on any atom is -0.467 e. The van der Waals surface area contributed by atoms with E-state index in [0.29, 0.717) is 12.0 Å². The number of rotatable bonds is 9. The summed E-state index contributed by atoms with van der Waals surface area (Å²) >= 11 is 1.18. The molecule has 6 atom stereocenters. The molecule has 2 rings (SSSR count). The van der Waals surface area contributed by atoms with E-state index in [9.17, 15) is 19.2 Å². The number of methoxy groups -OCH3 is 1. The summed E-state index contributed by atoms with van der Waals surface area (Å²) in [5.41, 5.74) is -0.321. The first-order valence-electron chi connectivity index (χ1n) is 10.7. The van der Waals surface area contributed by atoms with Crippen molar-refractivity contribution in [3.05, 3.63) is 35.9 Å². The number of amides is 1. The maximum absolute atomic E-state index is 12.6. The van der Waals surface area contributed by atoms with E-state index in [2.05, 4.69) is 5.32 Å². The van der Waals surface area contributed by atoms with Gasteiger partial charge in [0.2, 0.25) is 0 Å². The zero-order valence-corrected chi connectivity index (χ0v) is 20.3. The highest BCUT2D eigenvalue weighted by molar-refractivity contribution is 7.99. The van der Waals surface area contributed by atoms with Gasteiger partial charge in [0.25, 0.3) is 5.91 Å². The average molecular weight is 482 g/mol. The quantitative estimate of drug-likeness (QED) is 0.419. The summed E-state index contributed by atoms with van der Waals surface area (Å²) in [5, 5.41) is 2.67. The molecule has 1 heterocycles. The van der Waals surface area contributed by atoms with E-state index in [1.807, 2.05) is 13.8 Å². The molecule has 1 N–H and O–H groups in total. The second kappa shape index (κ2) is 12.6. The number of carbonyl (C=O) groups is 4. The van der Waals surface area contributed by atoms with Gasteiger partial charge in [-0.3, -0.25) is 14.4 Å². The van der Waals surface area contributed by atoms with Crippen LogP contribution in [0.25, 0.3) is 0 Å². The van der Waals surface area contributed by atoms with E-state index >= 15 is 0 Å². The Bertz CT molecular complexity index is 833. The Balaban J connectivity index is 2.20. The second-order valence-electron chi connectivity index (χ2n) is 7.71. The molecule has 0 spiro atoms. The van der Waals surface area contributed by atoms with Crippen LogP contribution in [0, 0.1) is 5.92 Å². The van der Waals surface area contributed by atoms with Crippen LogP contribution in [0.4, 0.5) is 0 Å². The molecule has 182 valence electrons. The van der Waals surface area contributed by atoms with Crippen LogP contribution >= 0.6 is 11.8 Å². The molecule has 1 amide bonds. The topological polar surface area (TPSA) is 117 Å². The van der Waals surface area contributed by atoms with Crippen LogP contribution in [0.3, 0.4) is 0 Å². The van der Waals surface area contributed by atoms with Crippen LogP contribution in [0.1, 0.15) is 44.5 Å². The predicted octanol–water partition coefficient (Wildman–Crippen LogP) is 2.33. The maximum Gasteiger partial charge on any atom is 0.329 e. The van der Waals surface area contributed by atoms with E-state index < -0.39 is 47.5 Å². The van der Waals surface area contributed by atoms with Crippen LogP contribution in [-0.2, 0) is 33.3 Å². The molecular weight excluding hydrogens is 450 g/mol. The predicted molar refractivity (Wildman–Crippen MR) is 121 cm³/mol. The van der Waals surface area contributed by atoms with Crippen LogP contribution < -0.4 is 5.32 Å². The number of esters is 3. The van der Waals surface area contributed by atoms with Crippen LogP contribution in [0.15, 0.2) is 30.3 Å². The van der Waals surface area contributed by atoms with E-state index in [0.717, 1.165) is 0 Å². The molecule has 1 aliphatic heterocycles. The van der Waals surface area contributed by atoms with Gasteiger partial charge in [0.1, 0.15) is 17.6 Å². The van der Waals surface area contributed by atoms with Crippen molar-refractivity contribution >= 4 is 35.6 Å². The lowest BCUT2D eigenvalue weighted by atomic mass is 9.89. The largest absolute Gasteiger partial charge is 0.467 e. The Morgan fingerprint density at radius 2 is 1.67 bits per heavy atom. The number of hydrogen-bond acceptors (Lipinski definition) is 9. The number of nitrogens with one attached hydrogen (secondary N) is 1. The number of thioether (sulfide) groups is 1. The molecular formula is C23H31NO8S. The molecule has 1 fully saturated rings. The van der Waals surface area contributed by atoms with E-state index in [-0.39, 0.29) is 17.8 Å². The van der Waals surface area contributed by atoms with Gasteiger partial charge < -0.3 is 24.3 Å². The molecule has 1 aromatic carbocycles. The molecule has 10 heteroatoms. The van der Waals surface area contributed by atoms with Gasteiger partial charge in [0.15, 0.2) is 6.10 Å². The molecule has 0 unspecified atom stereocenters. The van der Waals surface area contributed by atoms with Crippen molar-refractivity contribution in [2.45, 2.75) is 63.9 Å². The van der Waals surface area contributed by atoms with E-state index in [1.165, 1.54) is 32.7 Å². The first kappa shape index (κ1) is 26.7. The number of benzene rings is 1.